The first kappa shape index (κ1) is 13.7. The third-order valence-corrected chi connectivity index (χ3v) is 4.06. The van der Waals surface area contributed by atoms with Crippen molar-refractivity contribution in [3.05, 3.63) is 11.6 Å². The van der Waals surface area contributed by atoms with Crippen LogP contribution in [0.3, 0.4) is 0 Å². The average Bonchev–Trinajstić information content (AvgIpc) is 2.21. The largest absolute Gasteiger partial charge is 0.271 e. The molecule has 0 spiro atoms. The summed E-state index contributed by atoms with van der Waals surface area (Å²) >= 11 is 0. The molecule has 0 aromatic heterocycles. The second-order valence-corrected chi connectivity index (χ2v) is 5.67. The predicted octanol–water partition coefficient (Wildman–Crippen LogP) is 3.54. The van der Waals surface area contributed by atoms with E-state index >= 15 is 0 Å². The lowest BCUT2D eigenvalue weighted by Crippen LogP contribution is -2.46. The summed E-state index contributed by atoms with van der Waals surface area (Å²) in [6.45, 7) is 6.85. The minimum absolute atomic E-state index is 0.250. The lowest BCUT2D eigenvalue weighted by molar-refractivity contribution is 0.256. The van der Waals surface area contributed by atoms with E-state index in [0.29, 0.717) is 6.04 Å². The van der Waals surface area contributed by atoms with Crippen LogP contribution in [0.25, 0.3) is 0 Å². The van der Waals surface area contributed by atoms with Crippen molar-refractivity contribution >= 4 is 0 Å². The number of nitrogens with one attached hydrogen (secondary N) is 1. The number of nitrogens with two attached hydrogens (primary N) is 1. The molecule has 1 aliphatic carbocycles. The zero-order chi connectivity index (χ0) is 12.0. The summed E-state index contributed by atoms with van der Waals surface area (Å²) in [5.74, 6) is 5.76. The Kier molecular flexibility index (Phi) is 5.50. The molecule has 2 nitrogen and oxygen atoms in total. The van der Waals surface area contributed by atoms with Crippen molar-refractivity contribution in [3.8, 4) is 0 Å². The molecule has 1 aliphatic rings. The van der Waals surface area contributed by atoms with E-state index in [4.69, 9.17) is 5.84 Å². The minimum Gasteiger partial charge on any atom is -0.271 e. The van der Waals surface area contributed by atoms with Gasteiger partial charge in [-0.25, -0.2) is 0 Å². The number of rotatable bonds is 4. The SMILES string of the molecule is CCC(C)(C)C(NN)C1=CCCCCCC1. The zero-order valence-corrected chi connectivity index (χ0v) is 11.2. The smallest absolute Gasteiger partial charge is 0.0470 e. The van der Waals surface area contributed by atoms with E-state index in [0.717, 1.165) is 6.42 Å². The monoisotopic (exact) mass is 224 g/mol. The quantitative estimate of drug-likeness (QED) is 0.435. The maximum Gasteiger partial charge on any atom is 0.0470 e. The Hall–Kier alpha value is -0.340. The van der Waals surface area contributed by atoms with Crippen molar-refractivity contribution in [2.45, 2.75) is 71.8 Å². The fourth-order valence-electron chi connectivity index (χ4n) is 2.52. The van der Waals surface area contributed by atoms with Gasteiger partial charge in [0.15, 0.2) is 0 Å². The minimum atomic E-state index is 0.250. The number of allylic oxidation sites excluding steroid dienone is 1. The van der Waals surface area contributed by atoms with Crippen LogP contribution in [0.2, 0.25) is 0 Å². The van der Waals surface area contributed by atoms with Crippen LogP contribution in [0, 0.1) is 5.41 Å². The Bertz CT molecular complexity index is 231. The lowest BCUT2D eigenvalue weighted by atomic mass is 9.76. The summed E-state index contributed by atoms with van der Waals surface area (Å²) in [6, 6.07) is 0.343. The molecule has 2 heteroatoms. The van der Waals surface area contributed by atoms with Crippen LogP contribution in [0.1, 0.15) is 65.7 Å². The summed E-state index contributed by atoms with van der Waals surface area (Å²) in [4.78, 5) is 0. The highest BCUT2D eigenvalue weighted by Crippen LogP contribution is 2.32. The van der Waals surface area contributed by atoms with Gasteiger partial charge in [-0.2, -0.15) is 0 Å². The van der Waals surface area contributed by atoms with Crippen molar-refractivity contribution in [3.63, 3.8) is 0 Å². The van der Waals surface area contributed by atoms with Gasteiger partial charge in [0.1, 0.15) is 0 Å². The van der Waals surface area contributed by atoms with Gasteiger partial charge in [0, 0.05) is 6.04 Å². The standard InChI is InChI=1S/C14H28N2/c1-4-14(2,3)13(16-15)12-10-8-6-5-7-9-11-12/h10,13,16H,4-9,11,15H2,1-3H3. The van der Waals surface area contributed by atoms with Gasteiger partial charge in [-0.1, -0.05) is 45.3 Å². The lowest BCUT2D eigenvalue weighted by Gasteiger charge is -2.35. The Morgan fingerprint density at radius 3 is 2.62 bits per heavy atom. The first-order valence-electron chi connectivity index (χ1n) is 6.77. The molecule has 0 aromatic carbocycles. The molecule has 0 bridgehead atoms. The zero-order valence-electron chi connectivity index (χ0n) is 11.2. The molecule has 94 valence electrons. The van der Waals surface area contributed by atoms with E-state index in [-0.39, 0.29) is 5.41 Å². The first-order chi connectivity index (χ1) is 7.61. The molecule has 1 unspecified atom stereocenters. The van der Waals surface area contributed by atoms with Crippen molar-refractivity contribution in [1.29, 1.82) is 0 Å². The Labute approximate surface area is 101 Å². The second-order valence-electron chi connectivity index (χ2n) is 5.67. The maximum atomic E-state index is 5.76. The highest BCUT2D eigenvalue weighted by atomic mass is 15.2. The number of hydrogen-bond acceptors (Lipinski definition) is 2. The highest BCUT2D eigenvalue weighted by molar-refractivity contribution is 5.15. The third-order valence-electron chi connectivity index (χ3n) is 4.06. The molecular weight excluding hydrogens is 196 g/mol. The van der Waals surface area contributed by atoms with Gasteiger partial charge < -0.3 is 0 Å². The fraction of sp³-hybridized carbons (Fsp3) is 0.857. The van der Waals surface area contributed by atoms with Crippen LogP contribution >= 0.6 is 0 Å². The highest BCUT2D eigenvalue weighted by Gasteiger charge is 2.29. The average molecular weight is 224 g/mol. The van der Waals surface area contributed by atoms with Gasteiger partial charge in [0.2, 0.25) is 0 Å². The maximum absolute atomic E-state index is 5.76. The topological polar surface area (TPSA) is 38.0 Å². The molecule has 0 radical (unpaired) electrons. The molecule has 0 saturated carbocycles. The van der Waals surface area contributed by atoms with Gasteiger partial charge in [0.05, 0.1) is 0 Å². The van der Waals surface area contributed by atoms with E-state index in [1.165, 1.54) is 44.1 Å². The summed E-state index contributed by atoms with van der Waals surface area (Å²) in [5.41, 5.74) is 4.83. The van der Waals surface area contributed by atoms with Crippen molar-refractivity contribution < 1.29 is 0 Å². The van der Waals surface area contributed by atoms with Crippen LogP contribution in [0.15, 0.2) is 11.6 Å². The van der Waals surface area contributed by atoms with Crippen molar-refractivity contribution in [1.82, 2.24) is 5.43 Å². The number of hydrazine groups is 1. The van der Waals surface area contributed by atoms with E-state index in [1.807, 2.05) is 0 Å². The first-order valence-corrected chi connectivity index (χ1v) is 6.77. The molecule has 1 atom stereocenters. The van der Waals surface area contributed by atoms with Gasteiger partial charge in [-0.05, 0) is 37.5 Å². The molecule has 0 aromatic rings. The Balaban J connectivity index is 2.76. The van der Waals surface area contributed by atoms with E-state index in [2.05, 4.69) is 32.3 Å². The van der Waals surface area contributed by atoms with E-state index in [9.17, 15) is 0 Å². The summed E-state index contributed by atoms with van der Waals surface area (Å²) in [6.07, 6.45) is 11.5. The van der Waals surface area contributed by atoms with Crippen LogP contribution in [0.5, 0.6) is 0 Å². The van der Waals surface area contributed by atoms with Crippen molar-refractivity contribution in [2.75, 3.05) is 0 Å². The fourth-order valence-corrected chi connectivity index (χ4v) is 2.52. The molecule has 0 heterocycles. The second kappa shape index (κ2) is 6.41. The predicted molar refractivity (Wildman–Crippen MR) is 71.0 cm³/mol. The molecular formula is C14H28N2. The third kappa shape index (κ3) is 3.60. The van der Waals surface area contributed by atoms with Crippen molar-refractivity contribution in [2.24, 2.45) is 11.3 Å². The van der Waals surface area contributed by atoms with Crippen LogP contribution in [-0.4, -0.2) is 6.04 Å². The number of hydrogen-bond donors (Lipinski definition) is 2. The van der Waals surface area contributed by atoms with Crippen LogP contribution < -0.4 is 11.3 Å². The summed E-state index contributed by atoms with van der Waals surface area (Å²) < 4.78 is 0. The van der Waals surface area contributed by atoms with Crippen LogP contribution in [0.4, 0.5) is 0 Å². The van der Waals surface area contributed by atoms with Gasteiger partial charge >= 0.3 is 0 Å². The van der Waals surface area contributed by atoms with Gasteiger partial charge in [-0.15, -0.1) is 0 Å². The molecule has 0 aliphatic heterocycles. The molecule has 0 fully saturated rings. The molecule has 3 N–H and O–H groups in total. The summed E-state index contributed by atoms with van der Waals surface area (Å²) in [7, 11) is 0. The molecule has 16 heavy (non-hydrogen) atoms. The van der Waals surface area contributed by atoms with Gasteiger partial charge in [0.25, 0.3) is 0 Å². The Morgan fingerprint density at radius 1 is 1.31 bits per heavy atom. The van der Waals surface area contributed by atoms with E-state index in [1.54, 1.807) is 0 Å². The Morgan fingerprint density at radius 2 is 2.00 bits per heavy atom. The summed E-state index contributed by atoms with van der Waals surface area (Å²) in [5, 5.41) is 0. The normalized spacial score (nSPS) is 20.9. The van der Waals surface area contributed by atoms with Crippen LogP contribution in [-0.2, 0) is 0 Å². The molecule has 1 rings (SSSR count). The molecule has 0 saturated heterocycles. The molecule has 0 amide bonds. The van der Waals surface area contributed by atoms with E-state index < -0.39 is 0 Å². The van der Waals surface area contributed by atoms with Gasteiger partial charge in [-0.3, -0.25) is 11.3 Å².